The molecule has 1 aromatic heterocycles. The Morgan fingerprint density at radius 1 is 1.47 bits per heavy atom. The second kappa shape index (κ2) is 5.02. The van der Waals surface area contributed by atoms with Crippen molar-refractivity contribution in [3.63, 3.8) is 0 Å². The van der Waals surface area contributed by atoms with Crippen LogP contribution in [0.4, 0.5) is 14.6 Å². The average Bonchev–Trinajstić information content (AvgIpc) is 2.16. The minimum Gasteiger partial charge on any atom is -0.354 e. The number of nitrogens with two attached hydrogens (primary N) is 1. The number of halogens is 2. The molecule has 0 saturated carbocycles. The molecule has 0 spiro atoms. The predicted octanol–water partition coefficient (Wildman–Crippen LogP) is 1.55. The fourth-order valence-electron chi connectivity index (χ4n) is 1.36. The van der Waals surface area contributed by atoms with E-state index in [0.29, 0.717) is 12.4 Å². The Morgan fingerprint density at radius 2 is 2.13 bits per heavy atom. The van der Waals surface area contributed by atoms with Gasteiger partial charge < -0.3 is 10.6 Å². The van der Waals surface area contributed by atoms with Crippen molar-refractivity contribution in [2.24, 2.45) is 5.73 Å². The first kappa shape index (κ1) is 11.8. The van der Waals surface area contributed by atoms with Crippen molar-refractivity contribution in [1.82, 2.24) is 4.98 Å². The monoisotopic (exact) mass is 215 g/mol. The van der Waals surface area contributed by atoms with Gasteiger partial charge in [-0.25, -0.2) is 13.8 Å². The normalized spacial score (nSPS) is 10.8. The molecule has 0 atom stereocenters. The van der Waals surface area contributed by atoms with E-state index in [1.807, 2.05) is 19.1 Å². The average molecular weight is 215 g/mol. The Bertz CT molecular complexity index is 328. The van der Waals surface area contributed by atoms with Crippen LogP contribution < -0.4 is 10.6 Å². The third kappa shape index (κ3) is 3.13. The summed E-state index contributed by atoms with van der Waals surface area (Å²) in [4.78, 5) is 5.64. The Kier molecular flexibility index (Phi) is 3.96. The van der Waals surface area contributed by atoms with Crippen LogP contribution in [-0.2, 0) is 6.54 Å². The van der Waals surface area contributed by atoms with Crippen LogP contribution in [0, 0.1) is 6.92 Å². The maximum atomic E-state index is 12.2. The molecule has 15 heavy (non-hydrogen) atoms. The number of anilines is 1. The lowest BCUT2D eigenvalue weighted by Crippen LogP contribution is -2.26. The van der Waals surface area contributed by atoms with E-state index in [2.05, 4.69) is 4.98 Å². The van der Waals surface area contributed by atoms with Crippen molar-refractivity contribution in [3.05, 3.63) is 23.4 Å². The van der Waals surface area contributed by atoms with Crippen LogP contribution in [0.1, 0.15) is 11.3 Å². The SMILES string of the molecule is Cc1ccc(CN)c(N(C)CC(F)F)n1. The molecule has 0 aromatic carbocycles. The highest BCUT2D eigenvalue weighted by Gasteiger charge is 2.12. The van der Waals surface area contributed by atoms with Crippen molar-refractivity contribution in [1.29, 1.82) is 0 Å². The summed E-state index contributed by atoms with van der Waals surface area (Å²) in [5.74, 6) is 0.540. The third-order valence-electron chi connectivity index (χ3n) is 2.09. The number of aromatic nitrogens is 1. The Labute approximate surface area is 87.9 Å². The van der Waals surface area contributed by atoms with E-state index in [4.69, 9.17) is 5.73 Å². The minimum absolute atomic E-state index is 0.302. The number of nitrogens with zero attached hydrogens (tertiary/aromatic N) is 2. The van der Waals surface area contributed by atoms with E-state index in [0.717, 1.165) is 11.3 Å². The maximum Gasteiger partial charge on any atom is 0.255 e. The molecule has 5 heteroatoms. The first-order chi connectivity index (χ1) is 7.04. The second-order valence-electron chi connectivity index (χ2n) is 3.41. The molecule has 0 unspecified atom stereocenters. The van der Waals surface area contributed by atoms with Crippen LogP contribution in [0.25, 0.3) is 0 Å². The minimum atomic E-state index is -2.37. The molecule has 1 rings (SSSR count). The number of hydrogen-bond donors (Lipinski definition) is 1. The highest BCUT2D eigenvalue weighted by molar-refractivity contribution is 5.47. The number of rotatable bonds is 4. The summed E-state index contributed by atoms with van der Waals surface area (Å²) in [6, 6.07) is 3.64. The van der Waals surface area contributed by atoms with Crippen LogP contribution in [0.15, 0.2) is 12.1 Å². The van der Waals surface area contributed by atoms with Crippen LogP contribution in [0.3, 0.4) is 0 Å². The van der Waals surface area contributed by atoms with Crippen LogP contribution >= 0.6 is 0 Å². The molecule has 0 aliphatic heterocycles. The number of alkyl halides is 2. The summed E-state index contributed by atoms with van der Waals surface area (Å²) in [6.45, 7) is 1.79. The summed E-state index contributed by atoms with van der Waals surface area (Å²) < 4.78 is 24.4. The highest BCUT2D eigenvalue weighted by atomic mass is 19.3. The topological polar surface area (TPSA) is 42.1 Å². The quantitative estimate of drug-likeness (QED) is 0.828. The molecule has 0 radical (unpaired) electrons. The van der Waals surface area contributed by atoms with E-state index in [1.165, 1.54) is 4.90 Å². The lowest BCUT2D eigenvalue weighted by Gasteiger charge is -2.20. The molecule has 84 valence electrons. The van der Waals surface area contributed by atoms with Crippen LogP contribution in [-0.4, -0.2) is 25.0 Å². The highest BCUT2D eigenvalue weighted by Crippen LogP contribution is 2.17. The fourth-order valence-corrected chi connectivity index (χ4v) is 1.36. The zero-order valence-electron chi connectivity index (χ0n) is 8.87. The second-order valence-corrected chi connectivity index (χ2v) is 3.41. The van der Waals surface area contributed by atoms with E-state index < -0.39 is 6.43 Å². The van der Waals surface area contributed by atoms with Gasteiger partial charge >= 0.3 is 0 Å². The first-order valence-electron chi connectivity index (χ1n) is 4.70. The smallest absolute Gasteiger partial charge is 0.255 e. The molecule has 0 fully saturated rings. The largest absolute Gasteiger partial charge is 0.354 e. The molecule has 0 aliphatic carbocycles. The van der Waals surface area contributed by atoms with Gasteiger partial charge in [0.25, 0.3) is 6.43 Å². The molecule has 2 N–H and O–H groups in total. The summed E-state index contributed by atoms with van der Waals surface area (Å²) in [5.41, 5.74) is 7.09. The van der Waals surface area contributed by atoms with Gasteiger partial charge in [0.1, 0.15) is 5.82 Å². The lowest BCUT2D eigenvalue weighted by atomic mass is 10.2. The number of aryl methyl sites for hydroxylation is 1. The Morgan fingerprint density at radius 3 is 2.67 bits per heavy atom. The van der Waals surface area contributed by atoms with Gasteiger partial charge in [0.15, 0.2) is 0 Å². The van der Waals surface area contributed by atoms with Gasteiger partial charge in [-0.15, -0.1) is 0 Å². The maximum absolute atomic E-state index is 12.2. The number of hydrogen-bond acceptors (Lipinski definition) is 3. The van der Waals surface area contributed by atoms with Gasteiger partial charge in [-0.05, 0) is 13.0 Å². The summed E-state index contributed by atoms with van der Waals surface area (Å²) in [5, 5.41) is 0. The van der Waals surface area contributed by atoms with E-state index in [1.54, 1.807) is 7.05 Å². The van der Waals surface area contributed by atoms with Crippen LogP contribution in [0.5, 0.6) is 0 Å². The molecule has 0 bridgehead atoms. The molecular formula is C10H15F2N3. The standard InChI is InChI=1S/C10H15F2N3/c1-7-3-4-8(5-13)10(14-7)15(2)6-9(11)12/h3-4,9H,5-6,13H2,1-2H3. The fraction of sp³-hybridized carbons (Fsp3) is 0.500. The van der Waals surface area contributed by atoms with Gasteiger partial charge in [-0.3, -0.25) is 0 Å². The van der Waals surface area contributed by atoms with E-state index >= 15 is 0 Å². The van der Waals surface area contributed by atoms with Crippen molar-refractivity contribution in [2.75, 3.05) is 18.5 Å². The van der Waals surface area contributed by atoms with Crippen molar-refractivity contribution in [2.45, 2.75) is 19.9 Å². The Balaban J connectivity index is 2.94. The summed E-state index contributed by atoms with van der Waals surface area (Å²) in [7, 11) is 1.59. The molecule has 1 aromatic rings. The van der Waals surface area contributed by atoms with E-state index in [-0.39, 0.29) is 6.54 Å². The van der Waals surface area contributed by atoms with Gasteiger partial charge in [-0.2, -0.15) is 0 Å². The van der Waals surface area contributed by atoms with Gasteiger partial charge in [0.2, 0.25) is 0 Å². The first-order valence-corrected chi connectivity index (χ1v) is 4.70. The van der Waals surface area contributed by atoms with Crippen LogP contribution in [0.2, 0.25) is 0 Å². The lowest BCUT2D eigenvalue weighted by molar-refractivity contribution is 0.156. The van der Waals surface area contributed by atoms with Gasteiger partial charge in [0.05, 0.1) is 6.54 Å². The molecular weight excluding hydrogens is 200 g/mol. The zero-order chi connectivity index (χ0) is 11.4. The summed E-state index contributed by atoms with van der Waals surface area (Å²) >= 11 is 0. The molecule has 0 amide bonds. The predicted molar refractivity (Wildman–Crippen MR) is 56.1 cm³/mol. The molecule has 0 saturated heterocycles. The zero-order valence-corrected chi connectivity index (χ0v) is 8.87. The van der Waals surface area contributed by atoms with Crippen molar-refractivity contribution in [3.8, 4) is 0 Å². The molecule has 3 nitrogen and oxygen atoms in total. The summed E-state index contributed by atoms with van der Waals surface area (Å²) in [6.07, 6.45) is -2.37. The number of pyridine rings is 1. The van der Waals surface area contributed by atoms with Crippen molar-refractivity contribution >= 4 is 5.82 Å². The molecule has 0 aliphatic rings. The molecule has 1 heterocycles. The van der Waals surface area contributed by atoms with Crippen molar-refractivity contribution < 1.29 is 8.78 Å². The van der Waals surface area contributed by atoms with Gasteiger partial charge in [0, 0.05) is 24.8 Å². The van der Waals surface area contributed by atoms with Gasteiger partial charge in [-0.1, -0.05) is 6.07 Å². The Hall–Kier alpha value is -1.23. The third-order valence-corrected chi connectivity index (χ3v) is 2.09. The van der Waals surface area contributed by atoms with E-state index in [9.17, 15) is 8.78 Å².